The van der Waals surface area contributed by atoms with Crippen LogP contribution in [-0.2, 0) is 16.1 Å². The topological polar surface area (TPSA) is 116 Å². The van der Waals surface area contributed by atoms with Gasteiger partial charge in [0.25, 0.3) is 5.91 Å². The van der Waals surface area contributed by atoms with Crippen molar-refractivity contribution < 1.29 is 23.9 Å². The first-order valence-corrected chi connectivity index (χ1v) is 13.9. The highest BCUT2D eigenvalue weighted by Gasteiger charge is 2.27. The Bertz CT molecular complexity index is 1300. The largest absolute Gasteiger partial charge is 0.493 e. The number of thiophene rings is 1. The van der Waals surface area contributed by atoms with E-state index in [4.69, 9.17) is 9.47 Å². The number of ether oxygens (including phenoxy) is 2. The van der Waals surface area contributed by atoms with Crippen LogP contribution in [0.15, 0.2) is 29.4 Å². The second-order valence-electron chi connectivity index (χ2n) is 9.07. The molecule has 0 atom stereocenters. The lowest BCUT2D eigenvalue weighted by atomic mass is 10.1. The van der Waals surface area contributed by atoms with Gasteiger partial charge >= 0.3 is 5.97 Å². The number of anilines is 1. The highest BCUT2D eigenvalue weighted by molar-refractivity contribution is 7.99. The number of methoxy groups -OCH3 is 1. The van der Waals surface area contributed by atoms with Crippen LogP contribution in [0.4, 0.5) is 5.00 Å². The molecular formula is C26H33N5O5S2. The van der Waals surface area contributed by atoms with Gasteiger partial charge in [-0.3, -0.25) is 9.59 Å². The Labute approximate surface area is 230 Å². The Hall–Kier alpha value is -3.38. The van der Waals surface area contributed by atoms with Gasteiger partial charge in [-0.2, -0.15) is 0 Å². The number of rotatable bonds is 11. The molecule has 0 saturated carbocycles. The lowest BCUT2D eigenvalue weighted by Crippen LogP contribution is -2.21. The number of amides is 2. The van der Waals surface area contributed by atoms with E-state index >= 15 is 0 Å². The number of nitrogens with one attached hydrogen (secondary N) is 1. The number of thioether (sulfide) groups is 1. The third kappa shape index (κ3) is 6.73. The number of esters is 1. The Morgan fingerprint density at radius 1 is 1.16 bits per heavy atom. The summed E-state index contributed by atoms with van der Waals surface area (Å²) in [6.07, 6.45) is 0. The first-order chi connectivity index (χ1) is 18.1. The summed E-state index contributed by atoms with van der Waals surface area (Å²) in [5.74, 6) is 0.749. The Kier molecular flexibility index (Phi) is 9.92. The van der Waals surface area contributed by atoms with Gasteiger partial charge < -0.3 is 24.3 Å². The lowest BCUT2D eigenvalue weighted by molar-refractivity contribution is -0.113. The van der Waals surface area contributed by atoms with Gasteiger partial charge in [-0.05, 0) is 49.6 Å². The molecule has 0 aliphatic carbocycles. The summed E-state index contributed by atoms with van der Waals surface area (Å²) in [5.41, 5.74) is 1.54. The number of carbonyl (C=O) groups is 3. The van der Waals surface area contributed by atoms with E-state index in [1.165, 1.54) is 23.8 Å². The van der Waals surface area contributed by atoms with Crippen LogP contribution in [-0.4, -0.2) is 71.0 Å². The van der Waals surface area contributed by atoms with E-state index in [0.717, 1.165) is 22.6 Å². The number of hydrogen-bond acceptors (Lipinski definition) is 9. The third-order valence-electron chi connectivity index (χ3n) is 5.45. The van der Waals surface area contributed by atoms with Crippen LogP contribution in [0.3, 0.4) is 0 Å². The first kappa shape index (κ1) is 29.2. The van der Waals surface area contributed by atoms with Crippen molar-refractivity contribution in [3.05, 3.63) is 40.3 Å². The summed E-state index contributed by atoms with van der Waals surface area (Å²) in [7, 11) is 4.51. The molecule has 2 amide bonds. The van der Waals surface area contributed by atoms with Gasteiger partial charge in [-0.15, -0.1) is 21.5 Å². The van der Waals surface area contributed by atoms with Crippen molar-refractivity contribution in [2.75, 3.05) is 38.9 Å². The van der Waals surface area contributed by atoms with Crippen molar-refractivity contribution in [1.82, 2.24) is 19.7 Å². The van der Waals surface area contributed by atoms with E-state index < -0.39 is 5.97 Å². The smallest absolute Gasteiger partial charge is 0.341 e. The maximum Gasteiger partial charge on any atom is 0.341 e. The summed E-state index contributed by atoms with van der Waals surface area (Å²) < 4.78 is 12.6. The molecule has 12 heteroatoms. The van der Waals surface area contributed by atoms with Gasteiger partial charge in [-0.25, -0.2) is 4.79 Å². The summed E-state index contributed by atoms with van der Waals surface area (Å²) in [6, 6.07) is 7.69. The normalized spacial score (nSPS) is 10.9. The maximum absolute atomic E-state index is 12.9. The van der Waals surface area contributed by atoms with E-state index in [2.05, 4.69) is 29.4 Å². The molecule has 2 heterocycles. The molecule has 3 rings (SSSR count). The van der Waals surface area contributed by atoms with Gasteiger partial charge in [0, 0.05) is 26.2 Å². The average Bonchev–Trinajstić information content (AvgIpc) is 3.45. The molecule has 3 aromatic rings. The van der Waals surface area contributed by atoms with Crippen molar-refractivity contribution in [3.63, 3.8) is 0 Å². The maximum atomic E-state index is 12.9. The minimum atomic E-state index is -0.615. The number of aromatic nitrogens is 3. The molecule has 0 bridgehead atoms. The molecule has 1 N–H and O–H groups in total. The second kappa shape index (κ2) is 12.9. The van der Waals surface area contributed by atoms with E-state index in [0.29, 0.717) is 40.5 Å². The van der Waals surface area contributed by atoms with Gasteiger partial charge in [0.2, 0.25) is 5.91 Å². The van der Waals surface area contributed by atoms with Crippen molar-refractivity contribution in [2.45, 2.75) is 39.4 Å². The fourth-order valence-corrected chi connectivity index (χ4v) is 5.54. The minimum absolute atomic E-state index is 0.0363. The standard InChI is InChI=1S/C26H33N5O5S2/c1-8-31-22(17-9-11-18(12-10-17)36-13-15(2)3)28-29-26(31)37-14-19(32)27-23-20(25(34)35-7)16(4)21(38-23)24(33)30(5)6/h9-12,15H,8,13-14H2,1-7H3,(H,27,32). The molecule has 1 aromatic carbocycles. The summed E-state index contributed by atoms with van der Waals surface area (Å²) in [6.45, 7) is 9.10. The van der Waals surface area contributed by atoms with E-state index in [9.17, 15) is 14.4 Å². The zero-order valence-corrected chi connectivity index (χ0v) is 24.3. The Morgan fingerprint density at radius 2 is 1.84 bits per heavy atom. The predicted molar refractivity (Wildman–Crippen MR) is 149 cm³/mol. The number of benzene rings is 1. The average molecular weight is 560 g/mol. The molecule has 0 aliphatic rings. The third-order valence-corrected chi connectivity index (χ3v) is 7.61. The van der Waals surface area contributed by atoms with Crippen LogP contribution >= 0.6 is 23.1 Å². The molecule has 10 nitrogen and oxygen atoms in total. The van der Waals surface area contributed by atoms with Gasteiger partial charge in [0.05, 0.1) is 29.9 Å². The summed E-state index contributed by atoms with van der Waals surface area (Å²) in [4.78, 5) is 39.6. The van der Waals surface area contributed by atoms with Crippen LogP contribution in [0, 0.1) is 12.8 Å². The number of hydrogen-bond donors (Lipinski definition) is 1. The fourth-order valence-electron chi connectivity index (χ4n) is 3.51. The quantitative estimate of drug-likeness (QED) is 0.268. The van der Waals surface area contributed by atoms with E-state index in [1.807, 2.05) is 35.8 Å². The van der Waals surface area contributed by atoms with Gasteiger partial charge in [0.15, 0.2) is 11.0 Å². The van der Waals surface area contributed by atoms with Gasteiger partial charge in [-0.1, -0.05) is 25.6 Å². The fraction of sp³-hybridized carbons (Fsp3) is 0.423. The molecule has 0 fully saturated rings. The molecular weight excluding hydrogens is 526 g/mol. The molecule has 0 saturated heterocycles. The molecule has 204 valence electrons. The highest BCUT2D eigenvalue weighted by Crippen LogP contribution is 2.35. The molecule has 0 radical (unpaired) electrons. The Balaban J connectivity index is 1.73. The van der Waals surface area contributed by atoms with E-state index in [1.54, 1.807) is 21.0 Å². The molecule has 0 spiro atoms. The van der Waals surface area contributed by atoms with Crippen LogP contribution in [0.1, 0.15) is 46.4 Å². The van der Waals surface area contributed by atoms with E-state index in [-0.39, 0.29) is 28.1 Å². The minimum Gasteiger partial charge on any atom is -0.493 e. The van der Waals surface area contributed by atoms with Crippen molar-refractivity contribution in [3.8, 4) is 17.1 Å². The van der Waals surface area contributed by atoms with Crippen molar-refractivity contribution in [2.24, 2.45) is 5.92 Å². The monoisotopic (exact) mass is 559 g/mol. The van der Waals surface area contributed by atoms with Crippen LogP contribution < -0.4 is 10.1 Å². The second-order valence-corrected chi connectivity index (χ2v) is 11.0. The molecule has 0 aliphatic heterocycles. The summed E-state index contributed by atoms with van der Waals surface area (Å²) >= 11 is 2.29. The Morgan fingerprint density at radius 3 is 2.42 bits per heavy atom. The van der Waals surface area contributed by atoms with Crippen LogP contribution in [0.2, 0.25) is 0 Å². The first-order valence-electron chi connectivity index (χ1n) is 12.1. The SMILES string of the molecule is CCn1c(SCC(=O)Nc2sc(C(=O)N(C)C)c(C)c2C(=O)OC)nnc1-c1ccc(OCC(C)C)cc1. The molecule has 2 aromatic heterocycles. The lowest BCUT2D eigenvalue weighted by Gasteiger charge is -2.10. The molecule has 0 unspecified atom stereocenters. The summed E-state index contributed by atoms with van der Waals surface area (Å²) in [5, 5.41) is 12.3. The number of carbonyl (C=O) groups excluding carboxylic acids is 3. The predicted octanol–water partition coefficient (Wildman–Crippen LogP) is 4.59. The van der Waals surface area contributed by atoms with Crippen LogP contribution in [0.25, 0.3) is 11.4 Å². The van der Waals surface area contributed by atoms with Crippen LogP contribution in [0.5, 0.6) is 5.75 Å². The highest BCUT2D eigenvalue weighted by atomic mass is 32.2. The zero-order chi connectivity index (χ0) is 28.0. The zero-order valence-electron chi connectivity index (χ0n) is 22.7. The van der Waals surface area contributed by atoms with Crippen molar-refractivity contribution in [1.29, 1.82) is 0 Å². The van der Waals surface area contributed by atoms with Gasteiger partial charge in [0.1, 0.15) is 10.8 Å². The number of nitrogens with zero attached hydrogens (tertiary/aromatic N) is 4. The van der Waals surface area contributed by atoms with Crippen molar-refractivity contribution >= 4 is 45.9 Å². The molecule has 38 heavy (non-hydrogen) atoms.